The summed E-state index contributed by atoms with van der Waals surface area (Å²) in [6.07, 6.45) is 0.916. The zero-order chi connectivity index (χ0) is 16.9. The van der Waals surface area contributed by atoms with Gasteiger partial charge in [0.2, 0.25) is 0 Å². The first-order valence-corrected chi connectivity index (χ1v) is 7.90. The first kappa shape index (κ1) is 18.5. The molecule has 0 bridgehead atoms. The van der Waals surface area contributed by atoms with Crippen molar-refractivity contribution in [2.24, 2.45) is 11.8 Å². The van der Waals surface area contributed by atoms with Gasteiger partial charge in [0.15, 0.2) is 5.60 Å². The van der Waals surface area contributed by atoms with E-state index >= 15 is 0 Å². The van der Waals surface area contributed by atoms with E-state index in [9.17, 15) is 9.18 Å². The average Bonchev–Trinajstić information content (AvgIpc) is 2.42. The van der Waals surface area contributed by atoms with Crippen molar-refractivity contribution in [1.29, 1.82) is 0 Å². The summed E-state index contributed by atoms with van der Waals surface area (Å²) in [5.41, 5.74) is -0.474. The molecule has 0 aliphatic rings. The number of halogens is 1. The number of amides is 1. The molecule has 124 valence electrons. The Morgan fingerprint density at radius 2 is 1.95 bits per heavy atom. The molecule has 22 heavy (non-hydrogen) atoms. The van der Waals surface area contributed by atoms with Crippen molar-refractivity contribution in [3.05, 3.63) is 29.6 Å². The number of hydrogen-bond acceptors (Lipinski definition) is 2. The number of aryl methyl sites for hydroxylation is 1. The van der Waals surface area contributed by atoms with Crippen LogP contribution < -0.4 is 10.1 Å². The lowest BCUT2D eigenvalue weighted by Crippen LogP contribution is -2.52. The van der Waals surface area contributed by atoms with Crippen molar-refractivity contribution in [1.82, 2.24) is 5.32 Å². The molecule has 1 atom stereocenters. The van der Waals surface area contributed by atoms with Gasteiger partial charge in [-0.2, -0.15) is 0 Å². The van der Waals surface area contributed by atoms with Crippen molar-refractivity contribution < 1.29 is 13.9 Å². The monoisotopic (exact) mass is 309 g/mol. The molecule has 0 aromatic heterocycles. The van der Waals surface area contributed by atoms with Crippen molar-refractivity contribution in [3.63, 3.8) is 0 Å². The molecule has 1 N–H and O–H groups in total. The maximum Gasteiger partial charge on any atom is 0.264 e. The minimum absolute atomic E-state index is 0.0454. The first-order chi connectivity index (χ1) is 10.2. The summed E-state index contributed by atoms with van der Waals surface area (Å²) in [5.74, 6) is 0.361. The SMILES string of the molecule is Cc1ccc(OC(C)(C(=O)NCCC(C)C)C(C)C)cc1F. The Bertz CT molecular complexity index is 514. The van der Waals surface area contributed by atoms with Gasteiger partial charge in [-0.05, 0) is 37.8 Å². The maximum absolute atomic E-state index is 13.7. The smallest absolute Gasteiger partial charge is 0.264 e. The van der Waals surface area contributed by atoms with E-state index in [2.05, 4.69) is 19.2 Å². The third-order valence-electron chi connectivity index (χ3n) is 4.03. The number of hydrogen-bond donors (Lipinski definition) is 1. The summed E-state index contributed by atoms with van der Waals surface area (Å²) in [7, 11) is 0. The second kappa shape index (κ2) is 7.61. The van der Waals surface area contributed by atoms with Crippen molar-refractivity contribution >= 4 is 5.91 Å². The Labute approximate surface area is 133 Å². The van der Waals surface area contributed by atoms with Crippen molar-refractivity contribution in [2.45, 2.75) is 53.6 Å². The largest absolute Gasteiger partial charge is 0.477 e. The van der Waals surface area contributed by atoms with Crippen LogP contribution in [0, 0.1) is 24.6 Å². The van der Waals surface area contributed by atoms with Crippen LogP contribution in [0.15, 0.2) is 18.2 Å². The highest BCUT2D eigenvalue weighted by Gasteiger charge is 2.39. The van der Waals surface area contributed by atoms with E-state index in [1.807, 2.05) is 13.8 Å². The fraction of sp³-hybridized carbons (Fsp3) is 0.611. The topological polar surface area (TPSA) is 38.3 Å². The van der Waals surface area contributed by atoms with Crippen molar-refractivity contribution in [3.8, 4) is 5.75 Å². The Morgan fingerprint density at radius 3 is 2.45 bits per heavy atom. The molecule has 3 nitrogen and oxygen atoms in total. The quantitative estimate of drug-likeness (QED) is 0.824. The molecule has 0 saturated carbocycles. The zero-order valence-electron chi connectivity index (χ0n) is 14.5. The molecule has 1 aromatic rings. The molecule has 1 aromatic carbocycles. The molecule has 1 amide bonds. The Hall–Kier alpha value is -1.58. The molecule has 4 heteroatoms. The molecular formula is C18H28FNO2. The maximum atomic E-state index is 13.7. The number of carbonyl (C=O) groups excluding carboxylic acids is 1. The highest BCUT2D eigenvalue weighted by molar-refractivity contribution is 5.85. The number of rotatable bonds is 7. The van der Waals surface area contributed by atoms with Gasteiger partial charge in [-0.15, -0.1) is 0 Å². The van der Waals surface area contributed by atoms with Crippen LogP contribution in [0.2, 0.25) is 0 Å². The molecule has 0 heterocycles. The third kappa shape index (κ3) is 4.72. The molecule has 0 aliphatic heterocycles. The number of nitrogens with one attached hydrogen (secondary N) is 1. The van der Waals surface area contributed by atoms with E-state index in [0.717, 1.165) is 6.42 Å². The Kier molecular flexibility index (Phi) is 6.39. The first-order valence-electron chi connectivity index (χ1n) is 7.90. The Balaban J connectivity index is 2.85. The number of carbonyl (C=O) groups is 1. The lowest BCUT2D eigenvalue weighted by Gasteiger charge is -2.33. The fourth-order valence-corrected chi connectivity index (χ4v) is 1.96. The number of ether oxygens (including phenoxy) is 1. The summed E-state index contributed by atoms with van der Waals surface area (Å²) in [6.45, 7) is 12.1. The van der Waals surface area contributed by atoms with Crippen LogP contribution in [0.5, 0.6) is 5.75 Å². The normalized spacial score (nSPS) is 14.0. The predicted octanol–water partition coefficient (Wildman–Crippen LogP) is 4.09. The molecule has 1 unspecified atom stereocenters. The Morgan fingerprint density at radius 1 is 1.32 bits per heavy atom. The van der Waals surface area contributed by atoms with E-state index < -0.39 is 5.60 Å². The van der Waals surface area contributed by atoms with Gasteiger partial charge in [-0.3, -0.25) is 4.79 Å². The lowest BCUT2D eigenvalue weighted by atomic mass is 9.91. The van der Waals surface area contributed by atoms with E-state index in [0.29, 0.717) is 23.8 Å². The van der Waals surface area contributed by atoms with Gasteiger partial charge in [0.05, 0.1) is 0 Å². The summed E-state index contributed by atoms with van der Waals surface area (Å²) in [4.78, 5) is 12.5. The highest BCUT2D eigenvalue weighted by atomic mass is 19.1. The van der Waals surface area contributed by atoms with Crippen LogP contribution in [0.3, 0.4) is 0 Å². The zero-order valence-corrected chi connectivity index (χ0v) is 14.5. The van der Waals surface area contributed by atoms with Crippen molar-refractivity contribution in [2.75, 3.05) is 6.54 Å². The van der Waals surface area contributed by atoms with Crippen LogP contribution in [0.25, 0.3) is 0 Å². The van der Waals surface area contributed by atoms with Crippen LogP contribution in [-0.4, -0.2) is 18.1 Å². The van der Waals surface area contributed by atoms with Gasteiger partial charge in [-0.1, -0.05) is 33.8 Å². The van der Waals surface area contributed by atoms with E-state index in [1.54, 1.807) is 26.0 Å². The van der Waals surface area contributed by atoms with Gasteiger partial charge in [-0.25, -0.2) is 4.39 Å². The van der Waals surface area contributed by atoms with Gasteiger partial charge < -0.3 is 10.1 Å². The van der Waals surface area contributed by atoms with Crippen LogP contribution in [0.1, 0.15) is 46.6 Å². The second-order valence-corrected chi connectivity index (χ2v) is 6.71. The van der Waals surface area contributed by atoms with Crippen LogP contribution in [0.4, 0.5) is 4.39 Å². The molecule has 0 aliphatic carbocycles. The summed E-state index contributed by atoms with van der Waals surface area (Å²) >= 11 is 0. The molecule has 0 spiro atoms. The molecule has 1 rings (SSSR count). The standard InChI is InChI=1S/C18H28FNO2/c1-12(2)9-10-20-17(21)18(6,13(3)4)22-15-8-7-14(5)16(19)11-15/h7-8,11-13H,9-10H2,1-6H3,(H,20,21). The fourth-order valence-electron chi connectivity index (χ4n) is 1.96. The van der Waals surface area contributed by atoms with Crippen LogP contribution in [-0.2, 0) is 4.79 Å². The minimum Gasteiger partial charge on any atom is -0.477 e. The number of benzene rings is 1. The van der Waals surface area contributed by atoms with Gasteiger partial charge in [0.1, 0.15) is 11.6 Å². The molecule has 0 radical (unpaired) electrons. The van der Waals surface area contributed by atoms with E-state index in [1.165, 1.54) is 6.07 Å². The molecule has 0 saturated heterocycles. The van der Waals surface area contributed by atoms with Gasteiger partial charge in [0.25, 0.3) is 5.91 Å². The summed E-state index contributed by atoms with van der Waals surface area (Å²) < 4.78 is 19.5. The van der Waals surface area contributed by atoms with E-state index in [-0.39, 0.29) is 17.6 Å². The van der Waals surface area contributed by atoms with Crippen LogP contribution >= 0.6 is 0 Å². The van der Waals surface area contributed by atoms with Gasteiger partial charge in [0, 0.05) is 18.5 Å². The molecule has 0 fully saturated rings. The third-order valence-corrected chi connectivity index (χ3v) is 4.03. The predicted molar refractivity (Wildman–Crippen MR) is 87.5 cm³/mol. The van der Waals surface area contributed by atoms with Gasteiger partial charge >= 0.3 is 0 Å². The minimum atomic E-state index is -1.03. The van der Waals surface area contributed by atoms with E-state index in [4.69, 9.17) is 4.74 Å². The molecular weight excluding hydrogens is 281 g/mol. The highest BCUT2D eigenvalue weighted by Crippen LogP contribution is 2.27. The lowest BCUT2D eigenvalue weighted by molar-refractivity contribution is -0.139. The second-order valence-electron chi connectivity index (χ2n) is 6.71. The average molecular weight is 309 g/mol. The summed E-state index contributed by atoms with van der Waals surface area (Å²) in [6, 6.07) is 4.68. The summed E-state index contributed by atoms with van der Waals surface area (Å²) in [5, 5.41) is 2.92.